The van der Waals surface area contributed by atoms with Crippen molar-refractivity contribution in [1.29, 1.82) is 0 Å². The third-order valence-corrected chi connectivity index (χ3v) is 7.63. The summed E-state index contributed by atoms with van der Waals surface area (Å²) in [6, 6.07) is 32.6. The van der Waals surface area contributed by atoms with E-state index in [-0.39, 0.29) is 20.3 Å². The van der Waals surface area contributed by atoms with Crippen molar-refractivity contribution in [2.24, 2.45) is 0 Å². The van der Waals surface area contributed by atoms with E-state index in [0.29, 0.717) is 17.8 Å². The summed E-state index contributed by atoms with van der Waals surface area (Å²) in [5.41, 5.74) is 8.17. The van der Waals surface area contributed by atoms with Crippen LogP contribution < -0.4 is 0 Å². The summed E-state index contributed by atoms with van der Waals surface area (Å²) in [6.45, 7) is 11.2. The van der Waals surface area contributed by atoms with Gasteiger partial charge in [-0.05, 0) is 71.8 Å². The maximum atomic E-state index is 6.16. The molecule has 206 valence electrons. The van der Waals surface area contributed by atoms with E-state index >= 15 is 0 Å². The fraction of sp³-hybridized carbons (Fsp3) is 0.278. The Morgan fingerprint density at radius 2 is 1.20 bits per heavy atom. The summed E-state index contributed by atoms with van der Waals surface area (Å²) in [4.78, 5) is 0. The van der Waals surface area contributed by atoms with E-state index in [4.69, 9.17) is 4.42 Å². The molecular weight excluding hydrogens is 490 g/mol. The molecule has 1 unspecified atom stereocenters. The largest absolute Gasteiger partial charge is 0.416 e. The summed E-state index contributed by atoms with van der Waals surface area (Å²) in [6.07, 6.45) is 1.07. The van der Waals surface area contributed by atoms with E-state index in [1.807, 2.05) is 12.1 Å². The van der Waals surface area contributed by atoms with Crippen LogP contribution in [0.4, 0.5) is 0 Å². The van der Waals surface area contributed by atoms with E-state index in [1.54, 1.807) is 0 Å². The highest BCUT2D eigenvalue weighted by atomic mass is 16.4. The number of benzene rings is 4. The smallest absolute Gasteiger partial charge is 0.248 e. The molecule has 0 aliphatic rings. The molecule has 2 heterocycles. The Labute approximate surface area is 238 Å². The third-order valence-electron chi connectivity index (χ3n) is 7.63. The molecule has 0 amide bonds. The minimum absolute atomic E-state index is 0. The average molecular weight is 532 g/mol. The molecule has 0 N–H and O–H groups in total. The molecule has 0 spiro atoms. The van der Waals surface area contributed by atoms with Gasteiger partial charge in [0.2, 0.25) is 11.8 Å². The van der Waals surface area contributed by atoms with Crippen LogP contribution in [0.1, 0.15) is 67.5 Å². The molecular formula is C36H41N3O. The molecule has 0 bridgehead atoms. The zero-order chi connectivity index (χ0) is 26.4. The van der Waals surface area contributed by atoms with Crippen molar-refractivity contribution < 1.29 is 4.42 Å². The lowest BCUT2D eigenvalue weighted by atomic mass is 9.86. The van der Waals surface area contributed by atoms with Crippen LogP contribution in [-0.4, -0.2) is 14.8 Å². The molecule has 6 rings (SSSR count). The number of para-hydroxylation sites is 1. The summed E-state index contributed by atoms with van der Waals surface area (Å²) < 4.78 is 8.60. The van der Waals surface area contributed by atoms with Gasteiger partial charge in [-0.15, -0.1) is 10.2 Å². The first-order valence-electron chi connectivity index (χ1n) is 13.4. The normalized spacial score (nSPS) is 12.2. The Kier molecular flexibility index (Phi) is 8.02. The van der Waals surface area contributed by atoms with Gasteiger partial charge >= 0.3 is 0 Å². The van der Waals surface area contributed by atoms with E-state index < -0.39 is 0 Å². The molecule has 40 heavy (non-hydrogen) atoms. The van der Waals surface area contributed by atoms with Gasteiger partial charge in [-0.2, -0.15) is 0 Å². The summed E-state index contributed by atoms with van der Waals surface area (Å²) in [7, 11) is 0. The van der Waals surface area contributed by atoms with Gasteiger partial charge in [0.25, 0.3) is 0 Å². The number of rotatable bonds is 5. The van der Waals surface area contributed by atoms with Gasteiger partial charge in [-0.3, -0.25) is 0 Å². The van der Waals surface area contributed by atoms with Crippen LogP contribution in [0.5, 0.6) is 0 Å². The van der Waals surface area contributed by atoms with Crippen molar-refractivity contribution in [3.8, 4) is 34.0 Å². The number of fused-ring (bicyclic) bond motifs is 3. The summed E-state index contributed by atoms with van der Waals surface area (Å²) >= 11 is 0. The van der Waals surface area contributed by atoms with Crippen LogP contribution in [0.25, 0.3) is 55.8 Å². The van der Waals surface area contributed by atoms with Crippen molar-refractivity contribution in [3.63, 3.8) is 0 Å². The van der Waals surface area contributed by atoms with E-state index in [1.165, 1.54) is 32.9 Å². The zero-order valence-electron chi connectivity index (χ0n) is 22.7. The molecule has 4 heteroatoms. The van der Waals surface area contributed by atoms with Crippen molar-refractivity contribution in [3.05, 3.63) is 96.6 Å². The van der Waals surface area contributed by atoms with Crippen molar-refractivity contribution in [2.45, 2.75) is 67.3 Å². The fourth-order valence-corrected chi connectivity index (χ4v) is 5.22. The molecule has 4 nitrogen and oxygen atoms in total. The molecule has 2 aromatic heterocycles. The second kappa shape index (κ2) is 11.1. The second-order valence-corrected chi connectivity index (χ2v) is 11.2. The van der Waals surface area contributed by atoms with Gasteiger partial charge < -0.3 is 8.98 Å². The highest BCUT2D eigenvalue weighted by molar-refractivity contribution is 6.09. The topological polar surface area (TPSA) is 43.9 Å². The highest BCUT2D eigenvalue weighted by Crippen LogP contribution is 2.36. The number of aromatic nitrogens is 3. The minimum atomic E-state index is 0. The van der Waals surface area contributed by atoms with Gasteiger partial charge in [-0.1, -0.05) is 97.1 Å². The van der Waals surface area contributed by atoms with Crippen LogP contribution in [0.15, 0.2) is 95.4 Å². The molecule has 0 radical (unpaired) electrons. The van der Waals surface area contributed by atoms with Gasteiger partial charge in [0.1, 0.15) is 0 Å². The van der Waals surface area contributed by atoms with E-state index in [2.05, 4.69) is 128 Å². The first-order chi connectivity index (χ1) is 18.3. The minimum Gasteiger partial charge on any atom is -0.416 e. The zero-order valence-corrected chi connectivity index (χ0v) is 22.7. The molecule has 0 aliphatic heterocycles. The molecule has 6 aromatic rings. The van der Waals surface area contributed by atoms with Crippen LogP contribution in [0, 0.1) is 0 Å². The summed E-state index contributed by atoms with van der Waals surface area (Å²) in [5, 5.41) is 11.2. The van der Waals surface area contributed by atoms with E-state index in [0.717, 1.165) is 23.1 Å². The third kappa shape index (κ3) is 5.06. The van der Waals surface area contributed by atoms with Gasteiger partial charge in [0, 0.05) is 39.0 Å². The predicted molar refractivity (Wildman–Crippen MR) is 171 cm³/mol. The maximum Gasteiger partial charge on any atom is 0.248 e. The predicted octanol–water partition coefficient (Wildman–Crippen LogP) is 10.7. The fourth-order valence-electron chi connectivity index (χ4n) is 5.22. The second-order valence-electron chi connectivity index (χ2n) is 11.2. The Morgan fingerprint density at radius 3 is 1.82 bits per heavy atom. The van der Waals surface area contributed by atoms with Gasteiger partial charge in [-0.25, -0.2) is 0 Å². The van der Waals surface area contributed by atoms with Crippen LogP contribution in [0.3, 0.4) is 0 Å². The number of hydrogen-bond acceptors (Lipinski definition) is 3. The Hall–Kier alpha value is -4.18. The lowest BCUT2D eigenvalue weighted by Gasteiger charge is -2.19. The van der Waals surface area contributed by atoms with Crippen LogP contribution in [-0.2, 0) is 5.41 Å². The van der Waals surface area contributed by atoms with Crippen LogP contribution in [0.2, 0.25) is 0 Å². The SMILES string of the molecule is C.C.CCC(C)n1c2ccccc2c2cc(-c3nnc(-c4ccc(-c5ccc(C(C)(C)C)cc5)cc4)o3)ccc21. The van der Waals surface area contributed by atoms with Gasteiger partial charge in [0.05, 0.1) is 0 Å². The van der Waals surface area contributed by atoms with Crippen molar-refractivity contribution in [2.75, 3.05) is 0 Å². The molecule has 0 aliphatic carbocycles. The Morgan fingerprint density at radius 1 is 0.675 bits per heavy atom. The lowest BCUT2D eigenvalue weighted by molar-refractivity contribution is 0.563. The van der Waals surface area contributed by atoms with Crippen molar-refractivity contribution in [1.82, 2.24) is 14.8 Å². The van der Waals surface area contributed by atoms with Crippen molar-refractivity contribution >= 4 is 21.8 Å². The first-order valence-corrected chi connectivity index (χ1v) is 13.4. The number of nitrogens with zero attached hydrogens (tertiary/aromatic N) is 3. The molecule has 4 aromatic carbocycles. The Bertz CT molecular complexity index is 1730. The standard InChI is InChI=1S/C34H33N3O.2CH4/c1-6-22(2)37-30-10-8-7-9-28(30)29-21-26(17-20-31(29)37)33-36-35-32(38-33)25-13-11-23(12-14-25)24-15-18-27(19-16-24)34(3,4)5;;/h7-22H,6H2,1-5H3;2*1H4. The lowest BCUT2D eigenvalue weighted by Crippen LogP contribution is -2.10. The molecule has 0 fully saturated rings. The van der Waals surface area contributed by atoms with Gasteiger partial charge in [0.15, 0.2) is 0 Å². The average Bonchev–Trinajstić information content (AvgIpc) is 3.56. The molecule has 0 saturated heterocycles. The van der Waals surface area contributed by atoms with Crippen LogP contribution >= 0.6 is 0 Å². The number of hydrogen-bond donors (Lipinski definition) is 0. The maximum absolute atomic E-state index is 6.16. The Balaban J connectivity index is 0.00000185. The first kappa shape index (κ1) is 28.8. The quantitative estimate of drug-likeness (QED) is 0.222. The molecule has 1 atom stereocenters. The summed E-state index contributed by atoms with van der Waals surface area (Å²) in [5.74, 6) is 1.06. The van der Waals surface area contributed by atoms with E-state index in [9.17, 15) is 0 Å². The highest BCUT2D eigenvalue weighted by Gasteiger charge is 2.17. The molecule has 0 saturated carbocycles. The monoisotopic (exact) mass is 531 g/mol.